The maximum absolute atomic E-state index is 11.9. The van der Waals surface area contributed by atoms with Crippen molar-refractivity contribution in [1.29, 1.82) is 0 Å². The molecule has 0 aromatic heterocycles. The molecule has 0 atom stereocenters. The lowest BCUT2D eigenvalue weighted by Crippen LogP contribution is -2.22. The molecule has 1 rings (SSSR count). The van der Waals surface area contributed by atoms with Gasteiger partial charge in [-0.05, 0) is 18.4 Å². The van der Waals surface area contributed by atoms with E-state index in [1.165, 1.54) is 0 Å². The van der Waals surface area contributed by atoms with E-state index in [-0.39, 0.29) is 17.5 Å². The molecule has 4 heteroatoms. The Labute approximate surface area is 103 Å². The molecule has 94 valence electrons. The van der Waals surface area contributed by atoms with Crippen molar-refractivity contribution in [2.75, 3.05) is 11.5 Å². The van der Waals surface area contributed by atoms with Crippen molar-refractivity contribution in [3.8, 4) is 0 Å². The number of benzene rings is 1. The Morgan fingerprint density at radius 3 is 2.35 bits per heavy atom. The van der Waals surface area contributed by atoms with Crippen molar-refractivity contribution in [3.63, 3.8) is 0 Å². The second-order valence-electron chi connectivity index (χ2n) is 4.69. The highest BCUT2D eigenvalue weighted by atomic mass is 32.2. The van der Waals surface area contributed by atoms with Crippen LogP contribution >= 0.6 is 0 Å². The summed E-state index contributed by atoms with van der Waals surface area (Å²) < 4.78 is 23.4. The Morgan fingerprint density at radius 1 is 1.24 bits per heavy atom. The summed E-state index contributed by atoms with van der Waals surface area (Å²) in [6.07, 6.45) is 0. The highest BCUT2D eigenvalue weighted by Gasteiger charge is 2.20. The molecule has 0 heterocycles. The van der Waals surface area contributed by atoms with Crippen LogP contribution in [0.2, 0.25) is 0 Å². The Balaban J connectivity index is 2.84. The van der Waals surface area contributed by atoms with Gasteiger partial charge in [0.15, 0.2) is 15.6 Å². The van der Waals surface area contributed by atoms with Crippen molar-refractivity contribution in [3.05, 3.63) is 35.4 Å². The fraction of sp³-hybridized carbons (Fsp3) is 0.462. The van der Waals surface area contributed by atoms with Crippen LogP contribution in [0.5, 0.6) is 0 Å². The lowest BCUT2D eigenvalue weighted by Gasteiger charge is -2.07. The maximum atomic E-state index is 11.9. The average Bonchev–Trinajstić information content (AvgIpc) is 2.14. The van der Waals surface area contributed by atoms with Gasteiger partial charge >= 0.3 is 0 Å². The molecule has 0 N–H and O–H groups in total. The maximum Gasteiger partial charge on any atom is 0.178 e. The van der Waals surface area contributed by atoms with E-state index in [0.29, 0.717) is 5.56 Å². The van der Waals surface area contributed by atoms with Crippen LogP contribution in [-0.4, -0.2) is 25.7 Å². The van der Waals surface area contributed by atoms with Gasteiger partial charge in [-0.3, -0.25) is 4.79 Å². The molecule has 0 saturated heterocycles. The first-order valence-corrected chi connectivity index (χ1v) is 7.43. The van der Waals surface area contributed by atoms with Gasteiger partial charge in [-0.2, -0.15) is 0 Å². The number of carbonyl (C=O) groups excluding carboxylic acids is 1. The first kappa shape index (κ1) is 13.9. The van der Waals surface area contributed by atoms with Crippen LogP contribution in [0.3, 0.4) is 0 Å². The predicted octanol–water partition coefficient (Wildman–Crippen LogP) is 2.25. The normalized spacial score (nSPS) is 11.8. The van der Waals surface area contributed by atoms with Crippen molar-refractivity contribution in [1.82, 2.24) is 0 Å². The molecule has 0 radical (unpaired) electrons. The Bertz CT molecular complexity index is 501. The minimum Gasteiger partial charge on any atom is -0.293 e. The molecule has 0 aliphatic rings. The third-order valence-electron chi connectivity index (χ3n) is 2.38. The summed E-state index contributed by atoms with van der Waals surface area (Å²) in [6, 6.07) is 7.05. The molecule has 0 amide bonds. The van der Waals surface area contributed by atoms with Gasteiger partial charge in [0, 0.05) is 5.56 Å². The first-order valence-electron chi connectivity index (χ1n) is 5.61. The van der Waals surface area contributed by atoms with Gasteiger partial charge < -0.3 is 0 Å². The Morgan fingerprint density at radius 2 is 1.82 bits per heavy atom. The number of aryl methyl sites for hydroxylation is 1. The molecule has 0 unspecified atom stereocenters. The number of hydrogen-bond acceptors (Lipinski definition) is 3. The molecular weight excluding hydrogens is 236 g/mol. The van der Waals surface area contributed by atoms with Gasteiger partial charge in [0.1, 0.15) is 5.75 Å². The lowest BCUT2D eigenvalue weighted by atomic mass is 10.1. The summed E-state index contributed by atoms with van der Waals surface area (Å²) in [5.41, 5.74) is 1.32. The first-order chi connectivity index (χ1) is 7.82. The second-order valence-corrected chi connectivity index (χ2v) is 6.80. The Hall–Kier alpha value is -1.16. The van der Waals surface area contributed by atoms with Crippen LogP contribution in [0, 0.1) is 12.8 Å². The van der Waals surface area contributed by atoms with Crippen LogP contribution in [0.1, 0.15) is 29.8 Å². The smallest absolute Gasteiger partial charge is 0.178 e. The molecule has 17 heavy (non-hydrogen) atoms. The van der Waals surface area contributed by atoms with Crippen LogP contribution in [0.25, 0.3) is 0 Å². The summed E-state index contributed by atoms with van der Waals surface area (Å²) >= 11 is 0. The number of Topliss-reactive ketones (excluding diaryl/α,β-unsaturated/α-hetero) is 1. The van der Waals surface area contributed by atoms with Gasteiger partial charge in [-0.15, -0.1) is 0 Å². The van der Waals surface area contributed by atoms with Crippen LogP contribution in [-0.2, 0) is 9.84 Å². The van der Waals surface area contributed by atoms with Crippen molar-refractivity contribution < 1.29 is 13.2 Å². The second kappa shape index (κ2) is 5.45. The number of sulfone groups is 1. The third kappa shape index (κ3) is 4.30. The fourth-order valence-electron chi connectivity index (χ4n) is 1.73. The zero-order valence-electron chi connectivity index (χ0n) is 10.4. The molecule has 0 aliphatic carbocycles. The number of hydrogen-bond donors (Lipinski definition) is 0. The largest absolute Gasteiger partial charge is 0.293 e. The molecular formula is C13H18O3S. The molecule has 1 aromatic rings. The van der Waals surface area contributed by atoms with E-state index in [0.717, 1.165) is 5.56 Å². The highest BCUT2D eigenvalue weighted by molar-refractivity contribution is 7.92. The van der Waals surface area contributed by atoms with Crippen LogP contribution in [0.4, 0.5) is 0 Å². The summed E-state index contributed by atoms with van der Waals surface area (Å²) in [4.78, 5) is 11.9. The molecule has 0 fully saturated rings. The van der Waals surface area contributed by atoms with Gasteiger partial charge in [-0.25, -0.2) is 8.42 Å². The van der Waals surface area contributed by atoms with Gasteiger partial charge in [0.2, 0.25) is 0 Å². The van der Waals surface area contributed by atoms with Crippen LogP contribution < -0.4 is 0 Å². The minimum absolute atomic E-state index is 0.0460. The fourth-order valence-corrected chi connectivity index (χ4v) is 3.42. The van der Waals surface area contributed by atoms with Crippen molar-refractivity contribution >= 4 is 15.6 Å². The standard InChI is InChI=1S/C13H18O3S/c1-10(2)8-17(15,16)9-13(14)12-7-5-4-6-11(12)3/h4-7,10H,8-9H2,1-3H3. The molecule has 0 saturated carbocycles. The monoisotopic (exact) mass is 254 g/mol. The van der Waals surface area contributed by atoms with E-state index < -0.39 is 15.6 Å². The van der Waals surface area contributed by atoms with E-state index in [9.17, 15) is 13.2 Å². The summed E-state index contributed by atoms with van der Waals surface area (Å²) in [5, 5.41) is 0. The third-order valence-corrected chi connectivity index (χ3v) is 4.26. The van der Waals surface area contributed by atoms with Gasteiger partial charge in [-0.1, -0.05) is 38.1 Å². The topological polar surface area (TPSA) is 51.2 Å². The highest BCUT2D eigenvalue weighted by Crippen LogP contribution is 2.10. The van der Waals surface area contributed by atoms with E-state index >= 15 is 0 Å². The van der Waals surface area contributed by atoms with Gasteiger partial charge in [0.25, 0.3) is 0 Å². The molecule has 3 nitrogen and oxygen atoms in total. The van der Waals surface area contributed by atoms with Crippen molar-refractivity contribution in [2.24, 2.45) is 5.92 Å². The summed E-state index contributed by atoms with van der Waals surface area (Å²) in [5.74, 6) is -0.603. The lowest BCUT2D eigenvalue weighted by molar-refractivity contribution is 0.102. The SMILES string of the molecule is Cc1ccccc1C(=O)CS(=O)(=O)CC(C)C. The molecule has 0 bridgehead atoms. The van der Waals surface area contributed by atoms with E-state index in [2.05, 4.69) is 0 Å². The minimum atomic E-state index is -3.29. The number of rotatable bonds is 5. The zero-order valence-corrected chi connectivity index (χ0v) is 11.3. The average molecular weight is 254 g/mol. The van der Waals surface area contributed by atoms with E-state index in [1.54, 1.807) is 12.1 Å². The zero-order chi connectivity index (χ0) is 13.1. The van der Waals surface area contributed by atoms with Gasteiger partial charge in [0.05, 0.1) is 5.75 Å². The van der Waals surface area contributed by atoms with E-state index in [4.69, 9.17) is 0 Å². The number of ketones is 1. The van der Waals surface area contributed by atoms with Crippen molar-refractivity contribution in [2.45, 2.75) is 20.8 Å². The Kier molecular flexibility index (Phi) is 4.46. The molecule has 1 aromatic carbocycles. The van der Waals surface area contributed by atoms with Crippen LogP contribution in [0.15, 0.2) is 24.3 Å². The summed E-state index contributed by atoms with van der Waals surface area (Å²) in [6.45, 7) is 5.47. The van der Waals surface area contributed by atoms with E-state index in [1.807, 2.05) is 32.9 Å². The number of carbonyl (C=O) groups is 1. The molecule has 0 spiro atoms. The summed E-state index contributed by atoms with van der Waals surface area (Å²) in [7, 11) is -3.29. The molecule has 0 aliphatic heterocycles. The predicted molar refractivity (Wildman–Crippen MR) is 69.0 cm³/mol. The quantitative estimate of drug-likeness (QED) is 0.757.